The molecular formula is C16H20FNO. The minimum absolute atomic E-state index is 0.167. The van der Waals surface area contributed by atoms with E-state index in [0.29, 0.717) is 0 Å². The Labute approximate surface area is 113 Å². The van der Waals surface area contributed by atoms with Gasteiger partial charge in [-0.25, -0.2) is 4.39 Å². The fourth-order valence-electron chi connectivity index (χ4n) is 2.31. The van der Waals surface area contributed by atoms with Crippen molar-refractivity contribution in [1.29, 1.82) is 0 Å². The molecule has 3 heteroatoms. The van der Waals surface area contributed by atoms with Crippen molar-refractivity contribution in [3.05, 3.63) is 59.8 Å². The van der Waals surface area contributed by atoms with Crippen LogP contribution >= 0.6 is 0 Å². The predicted molar refractivity (Wildman–Crippen MR) is 74.4 cm³/mol. The number of hydrogen-bond acceptors (Lipinski definition) is 2. The highest BCUT2D eigenvalue weighted by molar-refractivity contribution is 5.20. The Morgan fingerprint density at radius 2 is 2.11 bits per heavy atom. The van der Waals surface area contributed by atoms with Gasteiger partial charge in [0.25, 0.3) is 0 Å². The minimum Gasteiger partial charge on any atom is -0.469 e. The van der Waals surface area contributed by atoms with Gasteiger partial charge in [0.1, 0.15) is 11.6 Å². The van der Waals surface area contributed by atoms with Crippen molar-refractivity contribution >= 4 is 0 Å². The zero-order valence-corrected chi connectivity index (χ0v) is 11.4. The first-order chi connectivity index (χ1) is 9.19. The fourth-order valence-corrected chi connectivity index (χ4v) is 2.31. The van der Waals surface area contributed by atoms with Gasteiger partial charge < -0.3 is 9.73 Å². The molecule has 102 valence electrons. The van der Waals surface area contributed by atoms with Gasteiger partial charge in [-0.1, -0.05) is 19.1 Å². The van der Waals surface area contributed by atoms with Crippen molar-refractivity contribution in [1.82, 2.24) is 5.32 Å². The summed E-state index contributed by atoms with van der Waals surface area (Å²) in [4.78, 5) is 0. The molecule has 2 rings (SSSR count). The molecule has 0 aliphatic carbocycles. The Morgan fingerprint density at radius 3 is 2.74 bits per heavy atom. The summed E-state index contributed by atoms with van der Waals surface area (Å²) in [6.45, 7) is 4.21. The van der Waals surface area contributed by atoms with Gasteiger partial charge in [-0.15, -0.1) is 0 Å². The summed E-state index contributed by atoms with van der Waals surface area (Å²) in [7, 11) is 0. The third-order valence-corrected chi connectivity index (χ3v) is 3.23. The van der Waals surface area contributed by atoms with Crippen LogP contribution in [-0.2, 0) is 6.42 Å². The van der Waals surface area contributed by atoms with E-state index in [1.165, 1.54) is 6.07 Å². The number of rotatable bonds is 6. The molecule has 2 nitrogen and oxygen atoms in total. The molecule has 0 aliphatic heterocycles. The molecule has 2 unspecified atom stereocenters. The quantitative estimate of drug-likeness (QED) is 0.847. The lowest BCUT2D eigenvalue weighted by molar-refractivity contribution is 0.409. The van der Waals surface area contributed by atoms with Gasteiger partial charge in [-0.3, -0.25) is 0 Å². The standard InChI is InChI=1S/C16H20FNO/c1-3-16(13-6-4-7-14(17)11-13)18-12(2)10-15-8-5-9-19-15/h4-9,11-12,16,18H,3,10H2,1-2H3. The van der Waals surface area contributed by atoms with Gasteiger partial charge in [0.15, 0.2) is 0 Å². The molecule has 0 fully saturated rings. The second kappa shape index (κ2) is 6.53. The predicted octanol–water partition coefficient (Wildman–Crippen LogP) is 4.09. The molecule has 0 radical (unpaired) electrons. The lowest BCUT2D eigenvalue weighted by atomic mass is 10.0. The van der Waals surface area contributed by atoms with Gasteiger partial charge in [-0.05, 0) is 43.2 Å². The Morgan fingerprint density at radius 1 is 1.26 bits per heavy atom. The molecule has 2 aromatic rings. The topological polar surface area (TPSA) is 25.2 Å². The largest absolute Gasteiger partial charge is 0.469 e. The van der Waals surface area contributed by atoms with Gasteiger partial charge >= 0.3 is 0 Å². The van der Waals surface area contributed by atoms with Gasteiger partial charge in [0.05, 0.1) is 6.26 Å². The molecule has 0 saturated carbocycles. The van der Waals surface area contributed by atoms with E-state index in [0.717, 1.165) is 24.2 Å². The highest BCUT2D eigenvalue weighted by Crippen LogP contribution is 2.19. The van der Waals surface area contributed by atoms with E-state index in [1.54, 1.807) is 18.4 Å². The van der Waals surface area contributed by atoms with E-state index < -0.39 is 0 Å². The molecule has 1 aromatic heterocycles. The lowest BCUT2D eigenvalue weighted by Crippen LogP contribution is -2.31. The van der Waals surface area contributed by atoms with Crippen LogP contribution in [0.25, 0.3) is 0 Å². The normalized spacial score (nSPS) is 14.3. The van der Waals surface area contributed by atoms with Crippen LogP contribution in [0.2, 0.25) is 0 Å². The van der Waals surface area contributed by atoms with E-state index in [2.05, 4.69) is 19.2 Å². The van der Waals surface area contributed by atoms with Gasteiger partial charge in [-0.2, -0.15) is 0 Å². The van der Waals surface area contributed by atoms with Crippen LogP contribution in [0.4, 0.5) is 4.39 Å². The second-order valence-electron chi connectivity index (χ2n) is 4.87. The monoisotopic (exact) mass is 261 g/mol. The molecule has 1 N–H and O–H groups in total. The first-order valence-corrected chi connectivity index (χ1v) is 6.73. The maximum atomic E-state index is 13.3. The van der Waals surface area contributed by atoms with Crippen molar-refractivity contribution in [3.8, 4) is 0 Å². The van der Waals surface area contributed by atoms with Crippen LogP contribution in [0.3, 0.4) is 0 Å². The average molecular weight is 261 g/mol. The van der Waals surface area contributed by atoms with Crippen LogP contribution in [0, 0.1) is 5.82 Å². The molecular weight excluding hydrogens is 241 g/mol. The zero-order valence-electron chi connectivity index (χ0n) is 11.4. The van der Waals surface area contributed by atoms with Crippen LogP contribution < -0.4 is 5.32 Å². The first kappa shape index (κ1) is 13.8. The highest BCUT2D eigenvalue weighted by atomic mass is 19.1. The smallest absolute Gasteiger partial charge is 0.123 e. The Hall–Kier alpha value is -1.61. The second-order valence-corrected chi connectivity index (χ2v) is 4.87. The number of nitrogens with one attached hydrogen (secondary N) is 1. The van der Waals surface area contributed by atoms with Crippen LogP contribution in [-0.4, -0.2) is 6.04 Å². The maximum Gasteiger partial charge on any atom is 0.123 e. The summed E-state index contributed by atoms with van der Waals surface area (Å²) in [6.07, 6.45) is 3.44. The molecule has 0 amide bonds. The molecule has 0 aliphatic rings. The SMILES string of the molecule is CCC(NC(C)Cc1ccco1)c1cccc(F)c1. The molecule has 1 heterocycles. The van der Waals surface area contributed by atoms with Crippen molar-refractivity contribution in [3.63, 3.8) is 0 Å². The number of hydrogen-bond donors (Lipinski definition) is 1. The summed E-state index contributed by atoms with van der Waals surface area (Å²) >= 11 is 0. The molecule has 19 heavy (non-hydrogen) atoms. The molecule has 0 saturated heterocycles. The van der Waals surface area contributed by atoms with Gasteiger partial charge in [0.2, 0.25) is 0 Å². The Bertz CT molecular complexity index is 495. The Balaban J connectivity index is 1.98. The summed E-state index contributed by atoms with van der Waals surface area (Å²) in [6, 6.07) is 11.1. The Kier molecular flexibility index (Phi) is 4.74. The van der Waals surface area contributed by atoms with Crippen molar-refractivity contribution < 1.29 is 8.81 Å². The first-order valence-electron chi connectivity index (χ1n) is 6.73. The summed E-state index contributed by atoms with van der Waals surface area (Å²) in [5.74, 6) is 0.783. The zero-order chi connectivity index (χ0) is 13.7. The summed E-state index contributed by atoms with van der Waals surface area (Å²) < 4.78 is 18.6. The average Bonchev–Trinajstić information content (AvgIpc) is 2.88. The summed E-state index contributed by atoms with van der Waals surface area (Å²) in [5.41, 5.74) is 0.994. The van der Waals surface area contributed by atoms with Crippen LogP contribution in [0.5, 0.6) is 0 Å². The van der Waals surface area contributed by atoms with Crippen molar-refractivity contribution in [2.75, 3.05) is 0 Å². The van der Waals surface area contributed by atoms with E-state index in [1.807, 2.05) is 18.2 Å². The van der Waals surface area contributed by atoms with Gasteiger partial charge in [0, 0.05) is 18.5 Å². The molecule has 1 aromatic carbocycles. The number of benzene rings is 1. The fraction of sp³-hybridized carbons (Fsp3) is 0.375. The highest BCUT2D eigenvalue weighted by Gasteiger charge is 2.14. The third-order valence-electron chi connectivity index (χ3n) is 3.23. The third kappa shape index (κ3) is 3.93. The van der Waals surface area contributed by atoms with Crippen LogP contribution in [0.1, 0.15) is 37.6 Å². The van der Waals surface area contributed by atoms with Crippen molar-refractivity contribution in [2.45, 2.75) is 38.8 Å². The van der Waals surface area contributed by atoms with E-state index in [4.69, 9.17) is 4.42 Å². The van der Waals surface area contributed by atoms with E-state index in [9.17, 15) is 4.39 Å². The lowest BCUT2D eigenvalue weighted by Gasteiger charge is -2.22. The maximum absolute atomic E-state index is 13.3. The van der Waals surface area contributed by atoms with E-state index in [-0.39, 0.29) is 17.9 Å². The molecule has 2 atom stereocenters. The molecule has 0 bridgehead atoms. The molecule has 0 spiro atoms. The van der Waals surface area contributed by atoms with Crippen molar-refractivity contribution in [2.24, 2.45) is 0 Å². The van der Waals surface area contributed by atoms with Crippen LogP contribution in [0.15, 0.2) is 47.1 Å². The number of halogens is 1. The van der Waals surface area contributed by atoms with E-state index >= 15 is 0 Å². The summed E-state index contributed by atoms with van der Waals surface area (Å²) in [5, 5.41) is 3.52. The minimum atomic E-state index is -0.184. The number of furan rings is 1.